The minimum absolute atomic E-state index is 0.161. The first-order chi connectivity index (χ1) is 16.4. The molecule has 0 atom stereocenters. The predicted octanol–water partition coefficient (Wildman–Crippen LogP) is 3.66. The Morgan fingerprint density at radius 1 is 0.882 bits per heavy atom. The summed E-state index contributed by atoms with van der Waals surface area (Å²) in [5.74, 6) is -1.54. The molecule has 0 spiro atoms. The third kappa shape index (κ3) is 7.59. The molecule has 3 aromatic carbocycles. The molecule has 0 aromatic heterocycles. The van der Waals surface area contributed by atoms with Crippen LogP contribution in [0.25, 0.3) is 0 Å². The van der Waals surface area contributed by atoms with Gasteiger partial charge < -0.3 is 15.4 Å². The smallest absolute Gasteiger partial charge is 0.329 e. The predicted molar refractivity (Wildman–Crippen MR) is 132 cm³/mol. The molecule has 3 aromatic rings. The molecule has 0 aliphatic carbocycles. The Morgan fingerprint density at radius 2 is 1.56 bits per heavy atom. The number of carbonyl (C=O) groups is 3. The van der Waals surface area contributed by atoms with E-state index in [0.717, 1.165) is 12.0 Å². The van der Waals surface area contributed by atoms with Crippen molar-refractivity contribution in [1.82, 2.24) is 5.43 Å². The van der Waals surface area contributed by atoms with E-state index in [-0.39, 0.29) is 12.5 Å². The van der Waals surface area contributed by atoms with Gasteiger partial charge in [-0.3, -0.25) is 14.4 Å². The molecule has 174 valence electrons. The van der Waals surface area contributed by atoms with Crippen LogP contribution in [0.2, 0.25) is 0 Å². The van der Waals surface area contributed by atoms with Crippen LogP contribution in [0.4, 0.5) is 11.4 Å². The van der Waals surface area contributed by atoms with Gasteiger partial charge in [0.2, 0.25) is 0 Å². The van der Waals surface area contributed by atoms with Crippen molar-refractivity contribution >= 4 is 35.3 Å². The molecule has 0 heterocycles. The van der Waals surface area contributed by atoms with Gasteiger partial charge in [0.1, 0.15) is 5.75 Å². The number of anilines is 2. The molecule has 34 heavy (non-hydrogen) atoms. The van der Waals surface area contributed by atoms with E-state index in [4.69, 9.17) is 4.74 Å². The number of hydrogen-bond donors (Lipinski definition) is 3. The van der Waals surface area contributed by atoms with Crippen LogP contribution in [0.3, 0.4) is 0 Å². The number of rotatable bonds is 8. The second-order valence-corrected chi connectivity index (χ2v) is 7.48. The first-order valence-electron chi connectivity index (χ1n) is 10.8. The van der Waals surface area contributed by atoms with Gasteiger partial charge in [0.05, 0.1) is 6.21 Å². The van der Waals surface area contributed by atoms with E-state index >= 15 is 0 Å². The maximum absolute atomic E-state index is 12.1. The number of aryl methyl sites for hydroxylation is 2. The van der Waals surface area contributed by atoms with Gasteiger partial charge in [-0.25, -0.2) is 5.43 Å². The summed E-state index contributed by atoms with van der Waals surface area (Å²) < 4.78 is 5.54. The van der Waals surface area contributed by atoms with E-state index in [0.29, 0.717) is 22.7 Å². The third-order valence-corrected chi connectivity index (χ3v) is 4.77. The molecule has 3 N–H and O–H groups in total. The number of ether oxygens (including phenoxy) is 1. The second-order valence-electron chi connectivity index (χ2n) is 7.48. The summed E-state index contributed by atoms with van der Waals surface area (Å²) in [6.45, 7) is 3.83. The summed E-state index contributed by atoms with van der Waals surface area (Å²) in [5.41, 5.74) is 6.25. The Hall–Kier alpha value is -4.46. The minimum Gasteiger partial charge on any atom is -0.484 e. The lowest BCUT2D eigenvalue weighted by Crippen LogP contribution is -2.32. The summed E-state index contributed by atoms with van der Waals surface area (Å²) in [7, 11) is 0. The van der Waals surface area contributed by atoms with Gasteiger partial charge >= 0.3 is 11.8 Å². The molecule has 0 unspecified atom stereocenters. The van der Waals surface area contributed by atoms with Gasteiger partial charge in [0.15, 0.2) is 6.61 Å². The van der Waals surface area contributed by atoms with Crippen molar-refractivity contribution in [2.45, 2.75) is 20.3 Å². The van der Waals surface area contributed by atoms with Crippen LogP contribution in [0, 0.1) is 6.92 Å². The average Bonchev–Trinajstić information content (AvgIpc) is 2.85. The van der Waals surface area contributed by atoms with Crippen LogP contribution in [-0.2, 0) is 20.8 Å². The third-order valence-electron chi connectivity index (χ3n) is 4.77. The van der Waals surface area contributed by atoms with E-state index in [1.54, 1.807) is 36.4 Å². The highest BCUT2D eigenvalue weighted by atomic mass is 16.5. The largest absolute Gasteiger partial charge is 0.484 e. The molecule has 0 radical (unpaired) electrons. The normalized spacial score (nSPS) is 10.5. The monoisotopic (exact) mass is 458 g/mol. The maximum atomic E-state index is 12.1. The number of benzene rings is 3. The quantitative estimate of drug-likeness (QED) is 0.272. The summed E-state index contributed by atoms with van der Waals surface area (Å²) in [5, 5.41) is 9.08. The minimum atomic E-state index is -0.895. The lowest BCUT2D eigenvalue weighted by atomic mass is 10.1. The number of hydrogen-bond acceptors (Lipinski definition) is 5. The van der Waals surface area contributed by atoms with Crippen LogP contribution in [-0.4, -0.2) is 30.5 Å². The van der Waals surface area contributed by atoms with Crippen LogP contribution in [0.1, 0.15) is 23.6 Å². The van der Waals surface area contributed by atoms with Gasteiger partial charge in [-0.2, -0.15) is 5.10 Å². The molecule has 0 aliphatic rings. The molecular formula is C26H26N4O4. The summed E-state index contributed by atoms with van der Waals surface area (Å²) in [6.07, 6.45) is 2.31. The van der Waals surface area contributed by atoms with Crippen LogP contribution in [0.5, 0.6) is 5.75 Å². The van der Waals surface area contributed by atoms with Crippen LogP contribution >= 0.6 is 0 Å². The lowest BCUT2D eigenvalue weighted by Gasteiger charge is -2.08. The van der Waals surface area contributed by atoms with Crippen molar-refractivity contribution in [3.8, 4) is 5.75 Å². The van der Waals surface area contributed by atoms with Crippen molar-refractivity contribution in [3.63, 3.8) is 0 Å². The number of hydrazone groups is 1. The molecule has 0 bridgehead atoms. The lowest BCUT2D eigenvalue weighted by molar-refractivity contribution is -0.136. The Balaban J connectivity index is 1.46. The Kier molecular flexibility index (Phi) is 8.51. The van der Waals surface area contributed by atoms with Crippen molar-refractivity contribution in [3.05, 3.63) is 89.5 Å². The van der Waals surface area contributed by atoms with Gasteiger partial charge in [-0.05, 0) is 60.9 Å². The molecule has 0 saturated carbocycles. The Morgan fingerprint density at radius 3 is 2.26 bits per heavy atom. The molecular weight excluding hydrogens is 432 g/mol. The van der Waals surface area contributed by atoms with Crippen molar-refractivity contribution in [2.24, 2.45) is 5.10 Å². The fourth-order valence-corrected chi connectivity index (χ4v) is 2.90. The van der Waals surface area contributed by atoms with E-state index in [9.17, 15) is 14.4 Å². The summed E-state index contributed by atoms with van der Waals surface area (Å²) >= 11 is 0. The van der Waals surface area contributed by atoms with Crippen molar-refractivity contribution in [1.29, 1.82) is 0 Å². The summed E-state index contributed by atoms with van der Waals surface area (Å²) in [6, 6.07) is 21.5. The van der Waals surface area contributed by atoms with Gasteiger partial charge in [0, 0.05) is 11.4 Å². The topological polar surface area (TPSA) is 109 Å². The van der Waals surface area contributed by atoms with Gasteiger partial charge in [-0.1, -0.05) is 48.9 Å². The van der Waals surface area contributed by atoms with Crippen LogP contribution in [0.15, 0.2) is 77.9 Å². The zero-order valence-electron chi connectivity index (χ0n) is 19.0. The number of amides is 3. The number of nitrogens with zero attached hydrogens (tertiary/aromatic N) is 1. The molecule has 0 fully saturated rings. The molecule has 8 heteroatoms. The van der Waals surface area contributed by atoms with E-state index in [1.165, 1.54) is 11.8 Å². The zero-order chi connectivity index (χ0) is 24.3. The average molecular weight is 459 g/mol. The molecule has 0 aliphatic heterocycles. The number of nitrogens with one attached hydrogen (secondary N) is 3. The van der Waals surface area contributed by atoms with Gasteiger partial charge in [-0.15, -0.1) is 0 Å². The highest BCUT2D eigenvalue weighted by molar-refractivity contribution is 6.39. The Bertz CT molecular complexity index is 1170. The highest BCUT2D eigenvalue weighted by Crippen LogP contribution is 2.13. The number of carbonyl (C=O) groups excluding carboxylic acids is 3. The standard InChI is InChI=1S/C26H26N4O4/c1-3-19-9-13-21(14-10-19)28-24(31)17-34-23-6-4-5-20(15-23)16-27-30-26(33)25(32)29-22-11-7-18(2)8-12-22/h4-16H,3,17H2,1-2H3,(H,28,31)(H,29,32)(H,30,33)/b27-16-. The fourth-order valence-electron chi connectivity index (χ4n) is 2.90. The second kappa shape index (κ2) is 12.0. The van der Waals surface area contributed by atoms with Crippen LogP contribution < -0.4 is 20.8 Å². The Labute approximate surface area is 198 Å². The SMILES string of the molecule is CCc1ccc(NC(=O)COc2cccc(/C=N\NC(=O)C(=O)Nc3ccc(C)cc3)c2)cc1. The first-order valence-corrected chi connectivity index (χ1v) is 10.8. The molecule has 8 nitrogen and oxygen atoms in total. The summed E-state index contributed by atoms with van der Waals surface area (Å²) in [4.78, 5) is 36.0. The first kappa shape index (κ1) is 24.2. The maximum Gasteiger partial charge on any atom is 0.329 e. The van der Waals surface area contributed by atoms with Gasteiger partial charge in [0.25, 0.3) is 5.91 Å². The zero-order valence-corrected chi connectivity index (χ0v) is 19.0. The van der Waals surface area contributed by atoms with Crippen molar-refractivity contribution < 1.29 is 19.1 Å². The van der Waals surface area contributed by atoms with E-state index < -0.39 is 11.8 Å². The highest BCUT2D eigenvalue weighted by Gasteiger charge is 2.12. The van der Waals surface area contributed by atoms with Crippen molar-refractivity contribution in [2.75, 3.05) is 17.2 Å². The fraction of sp³-hybridized carbons (Fsp3) is 0.154. The molecule has 3 rings (SSSR count). The van der Waals surface area contributed by atoms with E-state index in [1.807, 2.05) is 43.3 Å². The van der Waals surface area contributed by atoms with E-state index in [2.05, 4.69) is 28.1 Å². The molecule has 0 saturated heterocycles. The molecule has 3 amide bonds.